The molecule has 1 unspecified atom stereocenters. The number of hydrogen-bond donors (Lipinski definition) is 2. The maximum atomic E-state index is 4.72. The Hall–Kier alpha value is -0.430. The number of benzene rings is 1. The molecule has 0 saturated carbocycles. The molecule has 0 aliphatic carbocycles. The highest BCUT2D eigenvalue weighted by atomic mass is 127. The summed E-state index contributed by atoms with van der Waals surface area (Å²) in [5.74, 6) is 2.61. The van der Waals surface area contributed by atoms with Gasteiger partial charge in [0.1, 0.15) is 0 Å². The lowest BCUT2D eigenvalue weighted by molar-refractivity contribution is 0.719. The molecule has 0 spiro atoms. The maximum absolute atomic E-state index is 4.72. The minimum atomic E-state index is 0. The Bertz CT molecular complexity index is 434. The van der Waals surface area contributed by atoms with Gasteiger partial charge in [-0.2, -0.15) is 11.8 Å². The zero-order valence-corrected chi connectivity index (χ0v) is 18.0. The Balaban J connectivity index is 0.00000484. The van der Waals surface area contributed by atoms with Gasteiger partial charge in [0.2, 0.25) is 0 Å². The molecule has 1 rings (SSSR count). The second kappa shape index (κ2) is 14.0. The van der Waals surface area contributed by atoms with Gasteiger partial charge in [-0.1, -0.05) is 36.8 Å². The number of aliphatic imine (C=N–C) groups is 1. The molecule has 23 heavy (non-hydrogen) atoms. The first-order chi connectivity index (χ1) is 10.7. The van der Waals surface area contributed by atoms with Crippen molar-refractivity contribution in [2.75, 3.05) is 31.6 Å². The van der Waals surface area contributed by atoms with Gasteiger partial charge in [0, 0.05) is 25.6 Å². The molecule has 132 valence electrons. The Labute approximate surface area is 163 Å². The number of guanidine groups is 1. The summed E-state index contributed by atoms with van der Waals surface area (Å²) in [6.07, 6.45) is 4.61. The first kappa shape index (κ1) is 22.6. The highest BCUT2D eigenvalue weighted by molar-refractivity contribution is 14.0. The molecule has 1 atom stereocenters. The van der Waals surface area contributed by atoms with E-state index in [0.29, 0.717) is 5.92 Å². The van der Waals surface area contributed by atoms with Gasteiger partial charge in [-0.05, 0) is 44.3 Å². The molecular weight excluding hydrogens is 417 g/mol. The largest absolute Gasteiger partial charge is 0.357 e. The van der Waals surface area contributed by atoms with Gasteiger partial charge in [0.25, 0.3) is 0 Å². The van der Waals surface area contributed by atoms with Crippen molar-refractivity contribution in [2.45, 2.75) is 39.5 Å². The molecule has 0 aliphatic rings. The highest BCUT2D eigenvalue weighted by Gasteiger charge is 2.05. The standard InChI is InChI=1S/C18H31N3S.HI/c1-5-19-18(20-12-6-7-13-22-4)21-14-16(3)17-10-8-15(2)9-11-17;/h8-11,16H,5-7,12-14H2,1-4H3,(H2,19,20,21);1H. The van der Waals surface area contributed by atoms with Crippen LogP contribution in [0.3, 0.4) is 0 Å². The fraction of sp³-hybridized carbons (Fsp3) is 0.611. The van der Waals surface area contributed by atoms with E-state index in [0.717, 1.165) is 25.6 Å². The predicted octanol–water partition coefficient (Wildman–Crippen LogP) is 4.41. The molecule has 0 bridgehead atoms. The van der Waals surface area contributed by atoms with Crippen LogP contribution in [0.15, 0.2) is 29.3 Å². The molecule has 0 aliphatic heterocycles. The normalized spacial score (nSPS) is 12.4. The fourth-order valence-electron chi connectivity index (χ4n) is 2.15. The summed E-state index contributed by atoms with van der Waals surface area (Å²) < 4.78 is 0. The highest BCUT2D eigenvalue weighted by Crippen LogP contribution is 2.15. The molecule has 0 fully saturated rings. The summed E-state index contributed by atoms with van der Waals surface area (Å²) >= 11 is 1.91. The minimum Gasteiger partial charge on any atom is -0.357 e. The third kappa shape index (κ3) is 10.1. The average molecular weight is 449 g/mol. The lowest BCUT2D eigenvalue weighted by Crippen LogP contribution is -2.38. The van der Waals surface area contributed by atoms with E-state index in [1.165, 1.54) is 29.7 Å². The van der Waals surface area contributed by atoms with E-state index < -0.39 is 0 Å². The van der Waals surface area contributed by atoms with Crippen LogP contribution in [0, 0.1) is 6.92 Å². The number of unbranched alkanes of at least 4 members (excludes halogenated alkanes) is 1. The molecule has 1 aromatic carbocycles. The van der Waals surface area contributed by atoms with E-state index in [4.69, 9.17) is 4.99 Å². The van der Waals surface area contributed by atoms with Gasteiger partial charge in [0.05, 0.1) is 0 Å². The molecular formula is C18H32IN3S. The molecule has 0 radical (unpaired) electrons. The summed E-state index contributed by atoms with van der Waals surface area (Å²) in [7, 11) is 0. The molecule has 0 saturated heterocycles. The SMILES string of the molecule is CCNC(=NCC(C)c1ccc(C)cc1)NCCCCSC.I. The van der Waals surface area contributed by atoms with Crippen molar-refractivity contribution in [3.05, 3.63) is 35.4 Å². The number of nitrogens with zero attached hydrogens (tertiary/aromatic N) is 1. The van der Waals surface area contributed by atoms with Gasteiger partial charge >= 0.3 is 0 Å². The monoisotopic (exact) mass is 449 g/mol. The second-order valence-electron chi connectivity index (χ2n) is 5.66. The number of nitrogens with one attached hydrogen (secondary N) is 2. The molecule has 5 heteroatoms. The molecule has 0 amide bonds. The van der Waals surface area contributed by atoms with Crippen molar-refractivity contribution in [2.24, 2.45) is 4.99 Å². The maximum Gasteiger partial charge on any atom is 0.191 e. The fourth-order valence-corrected chi connectivity index (χ4v) is 2.64. The quantitative estimate of drug-likeness (QED) is 0.254. The number of halogens is 1. The third-order valence-electron chi connectivity index (χ3n) is 3.58. The van der Waals surface area contributed by atoms with Crippen molar-refractivity contribution >= 4 is 41.7 Å². The van der Waals surface area contributed by atoms with Crippen LogP contribution in [0.1, 0.15) is 43.7 Å². The topological polar surface area (TPSA) is 36.4 Å². The summed E-state index contributed by atoms with van der Waals surface area (Å²) in [6.45, 7) is 9.16. The van der Waals surface area contributed by atoms with Crippen LogP contribution in [-0.4, -0.2) is 37.6 Å². The van der Waals surface area contributed by atoms with Crippen LogP contribution in [0.5, 0.6) is 0 Å². The van der Waals surface area contributed by atoms with E-state index in [1.54, 1.807) is 0 Å². The Morgan fingerprint density at radius 2 is 1.87 bits per heavy atom. The number of aryl methyl sites for hydroxylation is 1. The van der Waals surface area contributed by atoms with Crippen molar-refractivity contribution in [3.63, 3.8) is 0 Å². The predicted molar refractivity (Wildman–Crippen MR) is 117 cm³/mol. The van der Waals surface area contributed by atoms with Gasteiger partial charge < -0.3 is 10.6 Å². The molecule has 1 aromatic rings. The van der Waals surface area contributed by atoms with E-state index in [2.05, 4.69) is 61.9 Å². The summed E-state index contributed by atoms with van der Waals surface area (Å²) in [5, 5.41) is 6.75. The summed E-state index contributed by atoms with van der Waals surface area (Å²) in [6, 6.07) is 8.76. The van der Waals surface area contributed by atoms with Crippen LogP contribution in [-0.2, 0) is 0 Å². The van der Waals surface area contributed by atoms with Gasteiger partial charge in [0.15, 0.2) is 5.96 Å². The first-order valence-corrected chi connectivity index (χ1v) is 9.64. The van der Waals surface area contributed by atoms with Crippen LogP contribution in [0.25, 0.3) is 0 Å². The van der Waals surface area contributed by atoms with E-state index in [9.17, 15) is 0 Å². The molecule has 2 N–H and O–H groups in total. The first-order valence-electron chi connectivity index (χ1n) is 8.25. The van der Waals surface area contributed by atoms with Crippen LogP contribution in [0.4, 0.5) is 0 Å². The third-order valence-corrected chi connectivity index (χ3v) is 4.28. The zero-order valence-electron chi connectivity index (χ0n) is 14.9. The molecule has 0 heterocycles. The Morgan fingerprint density at radius 1 is 1.17 bits per heavy atom. The summed E-state index contributed by atoms with van der Waals surface area (Å²) in [5.41, 5.74) is 2.66. The lowest BCUT2D eigenvalue weighted by atomic mass is 10.0. The van der Waals surface area contributed by atoms with Gasteiger partial charge in [-0.3, -0.25) is 4.99 Å². The molecule has 0 aromatic heterocycles. The van der Waals surface area contributed by atoms with Gasteiger partial charge in [-0.15, -0.1) is 24.0 Å². The van der Waals surface area contributed by atoms with E-state index in [1.807, 2.05) is 11.8 Å². The Kier molecular flexibility index (Phi) is 13.7. The van der Waals surface area contributed by atoms with Crippen molar-refractivity contribution in [1.29, 1.82) is 0 Å². The van der Waals surface area contributed by atoms with Gasteiger partial charge in [-0.25, -0.2) is 0 Å². The van der Waals surface area contributed by atoms with Crippen molar-refractivity contribution in [1.82, 2.24) is 10.6 Å². The van der Waals surface area contributed by atoms with Crippen LogP contribution in [0.2, 0.25) is 0 Å². The number of thioether (sulfide) groups is 1. The smallest absolute Gasteiger partial charge is 0.191 e. The van der Waals surface area contributed by atoms with E-state index >= 15 is 0 Å². The average Bonchev–Trinajstić information content (AvgIpc) is 2.52. The van der Waals surface area contributed by atoms with Crippen molar-refractivity contribution in [3.8, 4) is 0 Å². The van der Waals surface area contributed by atoms with Crippen LogP contribution >= 0.6 is 35.7 Å². The Morgan fingerprint density at radius 3 is 2.48 bits per heavy atom. The number of hydrogen-bond acceptors (Lipinski definition) is 2. The van der Waals surface area contributed by atoms with Crippen molar-refractivity contribution < 1.29 is 0 Å². The minimum absolute atomic E-state index is 0. The lowest BCUT2D eigenvalue weighted by Gasteiger charge is -2.14. The summed E-state index contributed by atoms with van der Waals surface area (Å²) in [4.78, 5) is 4.72. The van der Waals surface area contributed by atoms with Crippen LogP contribution < -0.4 is 10.6 Å². The number of rotatable bonds is 9. The molecule has 3 nitrogen and oxygen atoms in total. The van der Waals surface area contributed by atoms with E-state index in [-0.39, 0.29) is 24.0 Å². The second-order valence-corrected chi connectivity index (χ2v) is 6.64. The zero-order chi connectivity index (χ0) is 16.2.